The van der Waals surface area contributed by atoms with Crippen LogP contribution in [0.25, 0.3) is 0 Å². The maximum atomic E-state index is 10.9. The van der Waals surface area contributed by atoms with Crippen molar-refractivity contribution < 1.29 is 14.4 Å². The summed E-state index contributed by atoms with van der Waals surface area (Å²) >= 11 is 12.1. The molecule has 0 atom stereocenters. The minimum absolute atomic E-state index is 0.0413. The summed E-state index contributed by atoms with van der Waals surface area (Å²) in [6, 6.07) is 17.3. The maximum Gasteiger partial charge on any atom is 0.271 e. The number of halogens is 2. The number of hydrogen-bond acceptors (Lipinski definition) is 5. The minimum atomic E-state index is -0.419. The summed E-state index contributed by atoms with van der Waals surface area (Å²) in [6.07, 6.45) is 0. The molecule has 0 heterocycles. The molecule has 0 spiro atoms. The van der Waals surface area contributed by atoms with E-state index in [1.54, 1.807) is 24.3 Å². The van der Waals surface area contributed by atoms with Crippen LogP contribution in [0.1, 0.15) is 18.1 Å². The minimum Gasteiger partial charge on any atom is -0.490 e. The van der Waals surface area contributed by atoms with Crippen molar-refractivity contribution in [1.29, 1.82) is 0 Å². The lowest BCUT2D eigenvalue weighted by molar-refractivity contribution is -0.384. The number of nitro benzene ring substituents is 1. The average molecular weight is 447 g/mol. The summed E-state index contributed by atoms with van der Waals surface area (Å²) in [4.78, 5) is 10.5. The van der Waals surface area contributed by atoms with Crippen LogP contribution in [-0.4, -0.2) is 11.5 Å². The topological polar surface area (TPSA) is 73.6 Å². The zero-order valence-corrected chi connectivity index (χ0v) is 17.7. The van der Waals surface area contributed by atoms with Gasteiger partial charge in [-0.15, -0.1) is 0 Å². The smallest absolute Gasteiger partial charge is 0.271 e. The summed E-state index contributed by atoms with van der Waals surface area (Å²) < 4.78 is 11.6. The second kappa shape index (κ2) is 10.2. The van der Waals surface area contributed by atoms with Crippen LogP contribution in [-0.2, 0) is 13.2 Å². The van der Waals surface area contributed by atoms with Crippen molar-refractivity contribution in [2.75, 3.05) is 11.9 Å². The van der Waals surface area contributed by atoms with Gasteiger partial charge in [0.1, 0.15) is 6.61 Å². The fourth-order valence-electron chi connectivity index (χ4n) is 2.78. The van der Waals surface area contributed by atoms with Gasteiger partial charge in [-0.2, -0.15) is 0 Å². The van der Waals surface area contributed by atoms with Gasteiger partial charge in [0.15, 0.2) is 11.5 Å². The Morgan fingerprint density at radius 3 is 2.57 bits per heavy atom. The molecule has 8 heteroatoms. The molecule has 156 valence electrons. The van der Waals surface area contributed by atoms with Crippen molar-refractivity contribution in [3.05, 3.63) is 92.0 Å². The van der Waals surface area contributed by atoms with Gasteiger partial charge in [-0.05, 0) is 42.8 Å². The molecule has 1 N–H and O–H groups in total. The van der Waals surface area contributed by atoms with E-state index in [4.69, 9.17) is 32.7 Å². The number of non-ortho nitro benzene ring substituents is 1. The molecule has 0 unspecified atom stereocenters. The lowest BCUT2D eigenvalue weighted by Gasteiger charge is -2.15. The summed E-state index contributed by atoms with van der Waals surface area (Å²) in [5.41, 5.74) is 2.47. The van der Waals surface area contributed by atoms with E-state index < -0.39 is 4.92 Å². The van der Waals surface area contributed by atoms with Crippen molar-refractivity contribution in [2.24, 2.45) is 0 Å². The van der Waals surface area contributed by atoms with Crippen molar-refractivity contribution in [3.63, 3.8) is 0 Å². The molecule has 0 radical (unpaired) electrons. The van der Waals surface area contributed by atoms with Crippen LogP contribution in [0, 0.1) is 10.1 Å². The Kier molecular flexibility index (Phi) is 7.38. The fraction of sp³-hybridized carbons (Fsp3) is 0.182. The Bertz CT molecular complexity index is 1040. The predicted molar refractivity (Wildman–Crippen MR) is 119 cm³/mol. The molecule has 6 nitrogen and oxygen atoms in total. The molecule has 0 fully saturated rings. The number of nitro groups is 1. The molecule has 0 aliphatic heterocycles. The molecule has 0 saturated heterocycles. The third kappa shape index (κ3) is 5.78. The van der Waals surface area contributed by atoms with Gasteiger partial charge in [0, 0.05) is 40.0 Å². The summed E-state index contributed by atoms with van der Waals surface area (Å²) in [5, 5.41) is 15.2. The normalized spacial score (nSPS) is 10.5. The zero-order chi connectivity index (χ0) is 21.5. The zero-order valence-electron chi connectivity index (χ0n) is 16.2. The summed E-state index contributed by atoms with van der Waals surface area (Å²) in [7, 11) is 0. The van der Waals surface area contributed by atoms with Crippen LogP contribution in [0.3, 0.4) is 0 Å². The highest BCUT2D eigenvalue weighted by molar-refractivity contribution is 6.35. The Hall–Kier alpha value is -2.96. The Morgan fingerprint density at radius 1 is 1.00 bits per heavy atom. The van der Waals surface area contributed by atoms with E-state index in [-0.39, 0.29) is 12.3 Å². The molecule has 3 aromatic rings. The molecule has 0 saturated carbocycles. The van der Waals surface area contributed by atoms with E-state index in [1.165, 1.54) is 12.1 Å². The van der Waals surface area contributed by atoms with Crippen LogP contribution >= 0.6 is 23.2 Å². The fourth-order valence-corrected chi connectivity index (χ4v) is 3.24. The lowest BCUT2D eigenvalue weighted by Crippen LogP contribution is -2.03. The van der Waals surface area contributed by atoms with Crippen LogP contribution in [0.4, 0.5) is 11.4 Å². The van der Waals surface area contributed by atoms with Gasteiger partial charge in [0.2, 0.25) is 0 Å². The van der Waals surface area contributed by atoms with E-state index in [2.05, 4.69) is 5.32 Å². The number of nitrogens with zero attached hydrogens (tertiary/aromatic N) is 1. The second-order valence-electron chi connectivity index (χ2n) is 6.40. The van der Waals surface area contributed by atoms with Gasteiger partial charge in [-0.25, -0.2) is 0 Å². The lowest BCUT2D eigenvalue weighted by atomic mass is 10.2. The highest BCUT2D eigenvalue weighted by Gasteiger charge is 2.10. The monoisotopic (exact) mass is 446 g/mol. The van der Waals surface area contributed by atoms with Crippen LogP contribution in [0.15, 0.2) is 60.7 Å². The van der Waals surface area contributed by atoms with Crippen molar-refractivity contribution >= 4 is 34.6 Å². The molecule has 0 bridgehead atoms. The molecule has 0 amide bonds. The van der Waals surface area contributed by atoms with Gasteiger partial charge in [-0.3, -0.25) is 10.1 Å². The second-order valence-corrected chi connectivity index (χ2v) is 7.24. The van der Waals surface area contributed by atoms with Gasteiger partial charge >= 0.3 is 0 Å². The SMILES string of the molecule is CCOc1cc(CNc2cccc([N+](=O)[O-])c2)ccc1OCc1ccc(Cl)cc1Cl. The van der Waals surface area contributed by atoms with E-state index >= 15 is 0 Å². The third-order valence-corrected chi connectivity index (χ3v) is 4.85. The standard InChI is InChI=1S/C22H20Cl2N2O4/c1-2-29-22-10-15(13-25-18-4-3-5-19(12-18)26(27)28)6-9-21(22)30-14-16-7-8-17(23)11-20(16)24/h3-12,25H,2,13-14H2,1H3. The highest BCUT2D eigenvalue weighted by Crippen LogP contribution is 2.31. The molecule has 0 aliphatic carbocycles. The van der Waals surface area contributed by atoms with Crippen LogP contribution in [0.5, 0.6) is 11.5 Å². The molecular weight excluding hydrogens is 427 g/mol. The number of rotatable bonds is 9. The van der Waals surface area contributed by atoms with Gasteiger partial charge in [0.05, 0.1) is 11.5 Å². The first-order valence-corrected chi connectivity index (χ1v) is 10.0. The number of ether oxygens (including phenoxy) is 2. The first kappa shape index (κ1) is 21.7. The highest BCUT2D eigenvalue weighted by atomic mass is 35.5. The van der Waals surface area contributed by atoms with E-state index in [9.17, 15) is 10.1 Å². The third-order valence-electron chi connectivity index (χ3n) is 4.26. The number of anilines is 1. The maximum absolute atomic E-state index is 10.9. The van der Waals surface area contributed by atoms with Crippen LogP contribution in [0.2, 0.25) is 10.0 Å². The van der Waals surface area contributed by atoms with Gasteiger partial charge in [0.25, 0.3) is 5.69 Å². The van der Waals surface area contributed by atoms with Crippen LogP contribution < -0.4 is 14.8 Å². The number of hydrogen-bond donors (Lipinski definition) is 1. The average Bonchev–Trinajstić information content (AvgIpc) is 2.73. The Morgan fingerprint density at radius 2 is 1.83 bits per heavy atom. The molecule has 30 heavy (non-hydrogen) atoms. The first-order chi connectivity index (χ1) is 14.5. The molecule has 0 aromatic heterocycles. The molecule has 3 aromatic carbocycles. The molecular formula is C22H20Cl2N2O4. The molecule has 3 rings (SSSR count). The van der Waals surface area contributed by atoms with Crippen molar-refractivity contribution in [2.45, 2.75) is 20.1 Å². The Labute approximate surface area is 184 Å². The van der Waals surface area contributed by atoms with E-state index in [1.807, 2.05) is 31.2 Å². The van der Waals surface area contributed by atoms with Crippen molar-refractivity contribution in [1.82, 2.24) is 0 Å². The van der Waals surface area contributed by atoms with Gasteiger partial charge < -0.3 is 14.8 Å². The number of benzene rings is 3. The summed E-state index contributed by atoms with van der Waals surface area (Å²) in [6.45, 7) is 3.14. The molecule has 0 aliphatic rings. The van der Waals surface area contributed by atoms with E-state index in [0.717, 1.165) is 11.1 Å². The van der Waals surface area contributed by atoms with E-state index in [0.29, 0.717) is 40.4 Å². The van der Waals surface area contributed by atoms with Crippen molar-refractivity contribution in [3.8, 4) is 11.5 Å². The van der Waals surface area contributed by atoms with Gasteiger partial charge in [-0.1, -0.05) is 41.4 Å². The number of nitrogens with one attached hydrogen (secondary N) is 1. The summed E-state index contributed by atoms with van der Waals surface area (Å²) in [5.74, 6) is 1.21. The largest absolute Gasteiger partial charge is 0.490 e. The predicted octanol–water partition coefficient (Wildman–Crippen LogP) is 6.49. The first-order valence-electron chi connectivity index (χ1n) is 9.27. The Balaban J connectivity index is 1.69. The quantitative estimate of drug-likeness (QED) is 0.300.